The molecule has 0 fully saturated rings. The van der Waals surface area contributed by atoms with E-state index in [-0.39, 0.29) is 5.78 Å². The summed E-state index contributed by atoms with van der Waals surface area (Å²) in [4.78, 5) is 16.0. The van der Waals surface area contributed by atoms with Crippen LogP contribution in [0.2, 0.25) is 0 Å². The van der Waals surface area contributed by atoms with Crippen LogP contribution in [0.4, 0.5) is 0 Å². The van der Waals surface area contributed by atoms with Gasteiger partial charge >= 0.3 is 0 Å². The lowest BCUT2D eigenvalue weighted by Crippen LogP contribution is -2.12. The number of carbonyl (C=O) groups is 1. The van der Waals surface area contributed by atoms with Gasteiger partial charge in [0.05, 0.1) is 12.8 Å². The Labute approximate surface area is 109 Å². The molecule has 18 heavy (non-hydrogen) atoms. The van der Waals surface area contributed by atoms with Gasteiger partial charge in [-0.1, -0.05) is 13.8 Å². The molecule has 0 radical (unpaired) electrons. The Bertz CT molecular complexity index is 380. The Morgan fingerprint density at radius 3 is 2.94 bits per heavy atom. The molecule has 1 rings (SSSR count). The van der Waals surface area contributed by atoms with Gasteiger partial charge in [0.1, 0.15) is 5.75 Å². The average molecular weight is 250 g/mol. The van der Waals surface area contributed by atoms with Gasteiger partial charge in [-0.2, -0.15) is 0 Å². The van der Waals surface area contributed by atoms with Gasteiger partial charge in [0.2, 0.25) is 0 Å². The summed E-state index contributed by atoms with van der Waals surface area (Å²) in [5.74, 6) is 1.14. The predicted octanol–water partition coefficient (Wildman–Crippen LogP) is 2.43. The highest BCUT2D eigenvalue weighted by Crippen LogP contribution is 2.15. The second-order valence-electron chi connectivity index (χ2n) is 4.56. The molecule has 0 aliphatic carbocycles. The molecule has 0 saturated heterocycles. The van der Waals surface area contributed by atoms with Crippen LogP contribution in [0.25, 0.3) is 0 Å². The van der Waals surface area contributed by atoms with Crippen LogP contribution in [0.5, 0.6) is 5.75 Å². The van der Waals surface area contributed by atoms with Gasteiger partial charge in [-0.15, -0.1) is 0 Å². The Balaban J connectivity index is 2.56. The van der Waals surface area contributed by atoms with Gasteiger partial charge in [0, 0.05) is 18.2 Å². The molecule has 1 unspecified atom stereocenters. The Hall–Kier alpha value is -1.42. The SMILES string of the molecule is CCCOc1cncc(C(=O)CCC(C)CN)c1. The highest BCUT2D eigenvalue weighted by Gasteiger charge is 2.09. The van der Waals surface area contributed by atoms with Crippen molar-refractivity contribution in [2.75, 3.05) is 13.2 Å². The van der Waals surface area contributed by atoms with E-state index in [4.69, 9.17) is 10.5 Å². The van der Waals surface area contributed by atoms with Gasteiger partial charge in [-0.05, 0) is 31.4 Å². The van der Waals surface area contributed by atoms with Crippen LogP contribution in [0.3, 0.4) is 0 Å². The van der Waals surface area contributed by atoms with Gasteiger partial charge in [0.15, 0.2) is 5.78 Å². The number of ether oxygens (including phenoxy) is 1. The summed E-state index contributed by atoms with van der Waals surface area (Å²) < 4.78 is 5.46. The van der Waals surface area contributed by atoms with Crippen molar-refractivity contribution in [3.63, 3.8) is 0 Å². The van der Waals surface area contributed by atoms with E-state index < -0.39 is 0 Å². The molecule has 0 spiro atoms. The molecule has 4 nitrogen and oxygen atoms in total. The Kier molecular flexibility index (Phi) is 6.36. The number of aromatic nitrogens is 1. The lowest BCUT2D eigenvalue weighted by molar-refractivity contribution is 0.0974. The van der Waals surface area contributed by atoms with Crippen LogP contribution in [0.1, 0.15) is 43.5 Å². The van der Waals surface area contributed by atoms with Crippen molar-refractivity contribution < 1.29 is 9.53 Å². The second kappa shape index (κ2) is 7.82. The third-order valence-corrected chi connectivity index (χ3v) is 2.77. The summed E-state index contributed by atoms with van der Waals surface area (Å²) in [5.41, 5.74) is 6.15. The number of hydrogen-bond donors (Lipinski definition) is 1. The molecule has 1 aromatic heterocycles. The first kappa shape index (κ1) is 14.6. The van der Waals surface area contributed by atoms with Gasteiger partial charge < -0.3 is 10.5 Å². The van der Waals surface area contributed by atoms with Crippen molar-refractivity contribution >= 4 is 5.78 Å². The van der Waals surface area contributed by atoms with Crippen LogP contribution >= 0.6 is 0 Å². The highest BCUT2D eigenvalue weighted by molar-refractivity contribution is 5.96. The molecule has 0 aromatic carbocycles. The maximum absolute atomic E-state index is 12.0. The molecule has 0 aliphatic rings. The Morgan fingerprint density at radius 1 is 1.50 bits per heavy atom. The maximum Gasteiger partial charge on any atom is 0.164 e. The lowest BCUT2D eigenvalue weighted by atomic mass is 10.0. The molecule has 4 heteroatoms. The molecule has 1 aromatic rings. The van der Waals surface area contributed by atoms with Crippen LogP contribution in [-0.2, 0) is 0 Å². The van der Waals surface area contributed by atoms with E-state index in [0.717, 1.165) is 12.8 Å². The molecule has 0 amide bonds. The molecule has 0 aliphatic heterocycles. The summed E-state index contributed by atoms with van der Waals surface area (Å²) in [7, 11) is 0. The van der Waals surface area contributed by atoms with Gasteiger partial charge in [-0.25, -0.2) is 0 Å². The largest absolute Gasteiger partial charge is 0.492 e. The smallest absolute Gasteiger partial charge is 0.164 e. The van der Waals surface area contributed by atoms with Crippen LogP contribution < -0.4 is 10.5 Å². The number of hydrogen-bond acceptors (Lipinski definition) is 4. The molecule has 1 heterocycles. The van der Waals surface area contributed by atoms with E-state index in [1.165, 1.54) is 0 Å². The molecule has 0 bridgehead atoms. The highest BCUT2D eigenvalue weighted by atomic mass is 16.5. The molecule has 0 saturated carbocycles. The van der Waals surface area contributed by atoms with Crippen LogP contribution in [0.15, 0.2) is 18.5 Å². The number of nitrogens with two attached hydrogens (primary N) is 1. The number of rotatable bonds is 8. The third kappa shape index (κ3) is 4.84. The summed E-state index contributed by atoms with van der Waals surface area (Å²) >= 11 is 0. The van der Waals surface area contributed by atoms with Crippen molar-refractivity contribution in [3.05, 3.63) is 24.0 Å². The summed E-state index contributed by atoms with van der Waals surface area (Å²) in [6, 6.07) is 1.76. The molecule has 2 N–H and O–H groups in total. The quantitative estimate of drug-likeness (QED) is 0.720. The topological polar surface area (TPSA) is 65.2 Å². The van der Waals surface area contributed by atoms with Crippen molar-refractivity contribution in [2.24, 2.45) is 11.7 Å². The number of carbonyl (C=O) groups excluding carboxylic acids is 1. The van der Waals surface area contributed by atoms with Crippen molar-refractivity contribution in [3.8, 4) is 5.75 Å². The molecular formula is C14H22N2O2. The third-order valence-electron chi connectivity index (χ3n) is 2.77. The first-order valence-electron chi connectivity index (χ1n) is 6.48. The number of Topliss-reactive ketones (excluding diaryl/α,β-unsaturated/α-hetero) is 1. The second-order valence-corrected chi connectivity index (χ2v) is 4.56. The fourth-order valence-electron chi connectivity index (χ4n) is 1.51. The van der Waals surface area contributed by atoms with E-state index >= 15 is 0 Å². The zero-order valence-electron chi connectivity index (χ0n) is 11.2. The lowest BCUT2D eigenvalue weighted by Gasteiger charge is -2.08. The predicted molar refractivity (Wildman–Crippen MR) is 71.8 cm³/mol. The summed E-state index contributed by atoms with van der Waals surface area (Å²) in [6.45, 7) is 5.34. The minimum atomic E-state index is 0.102. The minimum absolute atomic E-state index is 0.102. The first-order chi connectivity index (χ1) is 8.67. The van der Waals surface area contributed by atoms with E-state index in [1.807, 2.05) is 13.8 Å². The zero-order chi connectivity index (χ0) is 13.4. The molecular weight excluding hydrogens is 228 g/mol. The Morgan fingerprint density at radius 2 is 2.28 bits per heavy atom. The molecule has 1 atom stereocenters. The normalized spacial score (nSPS) is 12.2. The van der Waals surface area contributed by atoms with Gasteiger partial charge in [0.25, 0.3) is 0 Å². The summed E-state index contributed by atoms with van der Waals surface area (Å²) in [5, 5.41) is 0. The van der Waals surface area contributed by atoms with Crippen molar-refractivity contribution in [1.82, 2.24) is 4.98 Å². The van der Waals surface area contributed by atoms with Crippen molar-refractivity contribution in [2.45, 2.75) is 33.1 Å². The summed E-state index contributed by atoms with van der Waals surface area (Å²) in [6.07, 6.45) is 5.49. The van der Waals surface area contributed by atoms with E-state index in [0.29, 0.717) is 36.8 Å². The van der Waals surface area contributed by atoms with E-state index in [9.17, 15) is 4.79 Å². The first-order valence-corrected chi connectivity index (χ1v) is 6.48. The van der Waals surface area contributed by atoms with Crippen molar-refractivity contribution in [1.29, 1.82) is 0 Å². The number of pyridine rings is 1. The van der Waals surface area contributed by atoms with Gasteiger partial charge in [-0.3, -0.25) is 9.78 Å². The fraction of sp³-hybridized carbons (Fsp3) is 0.571. The van der Waals surface area contributed by atoms with E-state index in [1.54, 1.807) is 18.5 Å². The minimum Gasteiger partial charge on any atom is -0.492 e. The van der Waals surface area contributed by atoms with Crippen LogP contribution in [-0.4, -0.2) is 23.9 Å². The number of nitrogens with zero attached hydrogens (tertiary/aromatic N) is 1. The molecule has 100 valence electrons. The van der Waals surface area contributed by atoms with Crippen LogP contribution in [0, 0.1) is 5.92 Å². The average Bonchev–Trinajstić information content (AvgIpc) is 2.42. The fourth-order valence-corrected chi connectivity index (χ4v) is 1.51. The van der Waals surface area contributed by atoms with E-state index in [2.05, 4.69) is 4.98 Å². The maximum atomic E-state index is 12.0. The number of ketones is 1. The zero-order valence-corrected chi connectivity index (χ0v) is 11.2. The standard InChI is InChI=1S/C14H22N2O2/c1-3-6-18-13-7-12(9-16-10-13)14(17)5-4-11(2)8-15/h7,9-11H,3-6,8,15H2,1-2H3. The monoisotopic (exact) mass is 250 g/mol.